The number of halogens is 4. The Kier molecular flexibility index (Phi) is 4.57. The molecule has 2 aromatic carbocycles. The van der Waals surface area contributed by atoms with Crippen LogP contribution in [0.15, 0.2) is 34.8 Å². The summed E-state index contributed by atoms with van der Waals surface area (Å²) in [5, 5.41) is 3.14. The Morgan fingerprint density at radius 1 is 1.20 bits per heavy atom. The second kappa shape index (κ2) is 6.03. The number of rotatable bonds is 3. The summed E-state index contributed by atoms with van der Waals surface area (Å²) in [4.78, 5) is 0.0429. The van der Waals surface area contributed by atoms with E-state index in [1.54, 1.807) is 0 Å². The normalized spacial score (nSPS) is 10.4. The van der Waals surface area contributed by atoms with Crippen LogP contribution in [0.4, 0.5) is 20.2 Å². The van der Waals surface area contributed by atoms with Crippen molar-refractivity contribution in [1.82, 2.24) is 0 Å². The molecule has 2 nitrogen and oxygen atoms in total. The predicted octanol–water partition coefficient (Wildman–Crippen LogP) is 4.76. The van der Waals surface area contributed by atoms with Crippen molar-refractivity contribution in [2.24, 2.45) is 5.73 Å². The SMILES string of the molecule is NC(=S)c1cc(F)ccc1Nc1c(Cl)cc(F)cc1Br. The van der Waals surface area contributed by atoms with Crippen LogP contribution in [-0.4, -0.2) is 4.99 Å². The molecule has 0 atom stereocenters. The molecule has 0 heterocycles. The fourth-order valence-electron chi connectivity index (χ4n) is 1.63. The number of hydrogen-bond acceptors (Lipinski definition) is 2. The molecule has 7 heteroatoms. The zero-order valence-corrected chi connectivity index (χ0v) is 13.0. The Balaban J connectivity index is 2.48. The van der Waals surface area contributed by atoms with Crippen LogP contribution in [0.25, 0.3) is 0 Å². The van der Waals surface area contributed by atoms with Gasteiger partial charge in [0.1, 0.15) is 16.6 Å². The van der Waals surface area contributed by atoms with E-state index in [4.69, 9.17) is 29.6 Å². The quantitative estimate of drug-likeness (QED) is 0.758. The van der Waals surface area contributed by atoms with Crippen molar-refractivity contribution >= 4 is 56.1 Å². The van der Waals surface area contributed by atoms with E-state index in [9.17, 15) is 8.78 Å². The Bertz CT molecular complexity index is 671. The molecular weight excluding hydrogens is 370 g/mol. The van der Waals surface area contributed by atoms with Gasteiger partial charge in [0.15, 0.2) is 0 Å². The highest BCUT2D eigenvalue weighted by Gasteiger charge is 2.12. The van der Waals surface area contributed by atoms with Crippen LogP contribution < -0.4 is 11.1 Å². The highest BCUT2D eigenvalue weighted by atomic mass is 79.9. The van der Waals surface area contributed by atoms with Crippen LogP contribution in [0.5, 0.6) is 0 Å². The molecule has 0 aromatic heterocycles. The predicted molar refractivity (Wildman–Crippen MR) is 84.7 cm³/mol. The first-order valence-electron chi connectivity index (χ1n) is 5.39. The molecule has 0 spiro atoms. The van der Waals surface area contributed by atoms with E-state index in [0.29, 0.717) is 21.4 Å². The highest BCUT2D eigenvalue weighted by Crippen LogP contribution is 2.35. The summed E-state index contributed by atoms with van der Waals surface area (Å²) in [7, 11) is 0. The molecule has 0 radical (unpaired) electrons. The molecule has 2 aromatic rings. The summed E-state index contributed by atoms with van der Waals surface area (Å²) in [6, 6.07) is 6.39. The van der Waals surface area contributed by atoms with Gasteiger partial charge in [-0.15, -0.1) is 0 Å². The van der Waals surface area contributed by atoms with Gasteiger partial charge in [0.25, 0.3) is 0 Å². The van der Waals surface area contributed by atoms with Crippen LogP contribution >= 0.6 is 39.7 Å². The number of benzene rings is 2. The molecule has 0 aliphatic heterocycles. The monoisotopic (exact) mass is 376 g/mol. The third kappa shape index (κ3) is 3.26. The molecule has 0 aliphatic rings. The fraction of sp³-hybridized carbons (Fsp3) is 0. The Labute approximate surface area is 133 Å². The minimum Gasteiger partial charge on any atom is -0.389 e. The van der Waals surface area contributed by atoms with Crippen molar-refractivity contribution in [3.63, 3.8) is 0 Å². The van der Waals surface area contributed by atoms with Crippen LogP contribution in [0.2, 0.25) is 5.02 Å². The van der Waals surface area contributed by atoms with Gasteiger partial charge in [-0.05, 0) is 46.3 Å². The average molecular weight is 378 g/mol. The molecule has 0 saturated heterocycles. The standard InChI is InChI=1S/C13H8BrClF2N2S/c14-9-4-7(17)5-10(15)12(9)19-11-2-1-6(16)3-8(11)13(18)20/h1-5,19H,(H2,18,20). The Morgan fingerprint density at radius 3 is 2.50 bits per heavy atom. The van der Waals surface area contributed by atoms with Crippen LogP contribution in [0, 0.1) is 11.6 Å². The van der Waals surface area contributed by atoms with Gasteiger partial charge in [0.2, 0.25) is 0 Å². The molecule has 3 N–H and O–H groups in total. The molecule has 20 heavy (non-hydrogen) atoms. The van der Waals surface area contributed by atoms with Gasteiger partial charge >= 0.3 is 0 Å². The second-order valence-electron chi connectivity index (χ2n) is 3.92. The number of nitrogens with one attached hydrogen (secondary N) is 1. The largest absolute Gasteiger partial charge is 0.389 e. The first kappa shape index (κ1) is 15.2. The van der Waals surface area contributed by atoms with E-state index in [2.05, 4.69) is 21.2 Å². The van der Waals surface area contributed by atoms with Gasteiger partial charge in [-0.2, -0.15) is 0 Å². The molecule has 0 fully saturated rings. The number of anilines is 2. The zero-order chi connectivity index (χ0) is 14.9. The van der Waals surface area contributed by atoms with Crippen LogP contribution in [-0.2, 0) is 0 Å². The summed E-state index contributed by atoms with van der Waals surface area (Å²) in [5.74, 6) is -0.927. The summed E-state index contributed by atoms with van der Waals surface area (Å²) in [6.07, 6.45) is 0. The minimum atomic E-state index is -0.471. The molecule has 0 unspecified atom stereocenters. The molecule has 0 amide bonds. The summed E-state index contributed by atoms with van der Waals surface area (Å²) >= 11 is 14.1. The number of thiocarbonyl (C=S) groups is 1. The molecule has 2 rings (SSSR count). The van der Waals surface area contributed by atoms with Crippen molar-refractivity contribution in [1.29, 1.82) is 0 Å². The van der Waals surface area contributed by atoms with E-state index < -0.39 is 11.6 Å². The lowest BCUT2D eigenvalue weighted by Gasteiger charge is -2.14. The topological polar surface area (TPSA) is 38.0 Å². The third-order valence-corrected chi connectivity index (χ3v) is 3.66. The van der Waals surface area contributed by atoms with E-state index in [-0.39, 0.29) is 10.0 Å². The molecule has 0 bridgehead atoms. The van der Waals surface area contributed by atoms with E-state index in [1.807, 2.05) is 0 Å². The first-order valence-corrected chi connectivity index (χ1v) is 6.97. The third-order valence-electron chi connectivity index (χ3n) is 2.51. The summed E-state index contributed by atoms with van der Waals surface area (Å²) in [5.41, 5.74) is 6.82. The Morgan fingerprint density at radius 2 is 1.90 bits per heavy atom. The maximum Gasteiger partial charge on any atom is 0.125 e. The van der Waals surface area contributed by atoms with Crippen molar-refractivity contribution in [2.45, 2.75) is 0 Å². The lowest BCUT2D eigenvalue weighted by molar-refractivity contribution is 0.627. The Hall–Kier alpha value is -1.24. The van der Waals surface area contributed by atoms with Crippen molar-refractivity contribution in [2.75, 3.05) is 5.32 Å². The van der Waals surface area contributed by atoms with Crippen LogP contribution in [0.1, 0.15) is 5.56 Å². The number of nitrogens with two attached hydrogens (primary N) is 1. The maximum absolute atomic E-state index is 13.2. The maximum atomic E-state index is 13.2. The second-order valence-corrected chi connectivity index (χ2v) is 5.62. The minimum absolute atomic E-state index is 0.0429. The van der Waals surface area contributed by atoms with Crippen LogP contribution in [0.3, 0.4) is 0 Å². The van der Waals surface area contributed by atoms with E-state index in [1.165, 1.54) is 30.3 Å². The molecular formula is C13H8BrClF2N2S. The lowest BCUT2D eigenvalue weighted by Crippen LogP contribution is -2.12. The van der Waals surface area contributed by atoms with Gasteiger partial charge in [-0.3, -0.25) is 0 Å². The number of hydrogen-bond donors (Lipinski definition) is 2. The van der Waals surface area contributed by atoms with Gasteiger partial charge in [-0.25, -0.2) is 8.78 Å². The van der Waals surface area contributed by atoms with Gasteiger partial charge < -0.3 is 11.1 Å². The molecule has 104 valence electrons. The molecule has 0 aliphatic carbocycles. The first-order chi connectivity index (χ1) is 9.38. The van der Waals surface area contributed by atoms with Crippen molar-refractivity contribution < 1.29 is 8.78 Å². The summed E-state index contributed by atoms with van der Waals surface area (Å²) < 4.78 is 26.8. The highest BCUT2D eigenvalue weighted by molar-refractivity contribution is 9.10. The van der Waals surface area contributed by atoms with E-state index in [0.717, 1.165) is 0 Å². The van der Waals surface area contributed by atoms with Crippen molar-refractivity contribution in [3.8, 4) is 0 Å². The summed E-state index contributed by atoms with van der Waals surface area (Å²) in [6.45, 7) is 0. The zero-order valence-electron chi connectivity index (χ0n) is 9.88. The van der Waals surface area contributed by atoms with Crippen molar-refractivity contribution in [3.05, 3.63) is 57.0 Å². The van der Waals surface area contributed by atoms with E-state index >= 15 is 0 Å². The lowest BCUT2D eigenvalue weighted by atomic mass is 10.1. The smallest absolute Gasteiger partial charge is 0.125 e. The van der Waals surface area contributed by atoms with Gasteiger partial charge in [0.05, 0.1) is 10.7 Å². The van der Waals surface area contributed by atoms with Gasteiger partial charge in [-0.1, -0.05) is 23.8 Å². The molecule has 0 saturated carbocycles. The van der Waals surface area contributed by atoms with Gasteiger partial charge in [0, 0.05) is 15.7 Å². The average Bonchev–Trinajstić information content (AvgIpc) is 2.34. The fourth-order valence-corrected chi connectivity index (χ4v) is 2.69.